The third-order valence-corrected chi connectivity index (χ3v) is 3.32. The van der Waals surface area contributed by atoms with Gasteiger partial charge in [0.25, 0.3) is 0 Å². The van der Waals surface area contributed by atoms with Gasteiger partial charge in [-0.2, -0.15) is 0 Å². The van der Waals surface area contributed by atoms with Crippen molar-refractivity contribution in [2.45, 2.75) is 39.3 Å². The SMILES string of the molecule is CCC(C)Nc1ncnc(NCCCn2ccnc2)c1N. The van der Waals surface area contributed by atoms with Gasteiger partial charge in [0.05, 0.1) is 6.33 Å². The largest absolute Gasteiger partial charge is 0.393 e. The van der Waals surface area contributed by atoms with Crippen LogP contribution in [0, 0.1) is 0 Å². The maximum absolute atomic E-state index is 6.10. The lowest BCUT2D eigenvalue weighted by Crippen LogP contribution is -2.17. The highest BCUT2D eigenvalue weighted by Crippen LogP contribution is 2.23. The summed E-state index contributed by atoms with van der Waals surface area (Å²) in [5, 5.41) is 6.54. The molecule has 0 aromatic carbocycles. The molecule has 2 rings (SSSR count). The van der Waals surface area contributed by atoms with E-state index < -0.39 is 0 Å². The van der Waals surface area contributed by atoms with E-state index in [2.05, 4.69) is 39.4 Å². The topological polar surface area (TPSA) is 93.7 Å². The number of nitrogen functional groups attached to an aromatic ring is 1. The van der Waals surface area contributed by atoms with Crippen LogP contribution in [0.2, 0.25) is 0 Å². The van der Waals surface area contributed by atoms with E-state index in [-0.39, 0.29) is 0 Å². The number of aryl methyl sites for hydroxylation is 1. The molecule has 2 aromatic rings. The van der Waals surface area contributed by atoms with Crippen LogP contribution in [0.4, 0.5) is 17.3 Å². The summed E-state index contributed by atoms with van der Waals surface area (Å²) in [6.07, 6.45) is 9.05. The summed E-state index contributed by atoms with van der Waals surface area (Å²) in [5.74, 6) is 1.37. The average Bonchev–Trinajstić information content (AvgIpc) is 3.00. The molecule has 2 heterocycles. The minimum absolute atomic E-state index is 0.330. The second kappa shape index (κ2) is 7.47. The molecule has 0 aliphatic heterocycles. The summed E-state index contributed by atoms with van der Waals surface area (Å²) < 4.78 is 2.04. The molecule has 114 valence electrons. The number of nitrogens with one attached hydrogen (secondary N) is 2. The monoisotopic (exact) mass is 289 g/mol. The zero-order valence-electron chi connectivity index (χ0n) is 12.6. The van der Waals surface area contributed by atoms with Crippen LogP contribution in [-0.2, 0) is 6.54 Å². The minimum atomic E-state index is 0.330. The lowest BCUT2D eigenvalue weighted by Gasteiger charge is -2.16. The van der Waals surface area contributed by atoms with Crippen molar-refractivity contribution in [3.63, 3.8) is 0 Å². The highest BCUT2D eigenvalue weighted by atomic mass is 15.1. The van der Waals surface area contributed by atoms with Crippen LogP contribution in [0.5, 0.6) is 0 Å². The van der Waals surface area contributed by atoms with Crippen molar-refractivity contribution in [1.29, 1.82) is 0 Å². The van der Waals surface area contributed by atoms with E-state index in [1.807, 2.05) is 17.1 Å². The Hall–Kier alpha value is -2.31. The third-order valence-electron chi connectivity index (χ3n) is 3.32. The number of nitrogens with two attached hydrogens (primary N) is 1. The zero-order valence-corrected chi connectivity index (χ0v) is 12.6. The molecular weight excluding hydrogens is 266 g/mol. The number of hydrogen-bond acceptors (Lipinski definition) is 6. The van der Waals surface area contributed by atoms with Gasteiger partial charge in [-0.15, -0.1) is 0 Å². The quantitative estimate of drug-likeness (QED) is 0.643. The Morgan fingerprint density at radius 2 is 2.14 bits per heavy atom. The van der Waals surface area contributed by atoms with Crippen molar-refractivity contribution in [1.82, 2.24) is 19.5 Å². The average molecular weight is 289 g/mol. The van der Waals surface area contributed by atoms with Crippen LogP contribution in [0.3, 0.4) is 0 Å². The van der Waals surface area contributed by atoms with Crippen LogP contribution in [-0.4, -0.2) is 32.1 Å². The summed E-state index contributed by atoms with van der Waals surface area (Å²) in [7, 11) is 0. The Balaban J connectivity index is 1.86. The highest BCUT2D eigenvalue weighted by Gasteiger charge is 2.09. The van der Waals surface area contributed by atoms with Crippen molar-refractivity contribution in [2.75, 3.05) is 22.9 Å². The molecule has 1 atom stereocenters. The smallest absolute Gasteiger partial charge is 0.155 e. The van der Waals surface area contributed by atoms with Crippen molar-refractivity contribution >= 4 is 17.3 Å². The van der Waals surface area contributed by atoms with E-state index in [1.165, 1.54) is 6.33 Å². The number of rotatable bonds is 8. The van der Waals surface area contributed by atoms with E-state index in [9.17, 15) is 0 Å². The fourth-order valence-corrected chi connectivity index (χ4v) is 1.87. The summed E-state index contributed by atoms with van der Waals surface area (Å²) in [5.41, 5.74) is 6.67. The molecule has 2 aromatic heterocycles. The molecule has 0 saturated carbocycles. The summed E-state index contributed by atoms with van der Waals surface area (Å²) in [6.45, 7) is 5.92. The van der Waals surface area contributed by atoms with E-state index >= 15 is 0 Å². The number of hydrogen-bond donors (Lipinski definition) is 3. The maximum Gasteiger partial charge on any atom is 0.155 e. The predicted octanol–water partition coefficient (Wildman–Crippen LogP) is 1.97. The van der Waals surface area contributed by atoms with E-state index in [0.29, 0.717) is 23.4 Å². The van der Waals surface area contributed by atoms with Crippen molar-refractivity contribution in [2.24, 2.45) is 0 Å². The first-order valence-corrected chi connectivity index (χ1v) is 7.27. The van der Waals surface area contributed by atoms with Gasteiger partial charge >= 0.3 is 0 Å². The highest BCUT2D eigenvalue weighted by molar-refractivity contribution is 5.74. The summed E-state index contributed by atoms with van der Waals surface area (Å²) in [4.78, 5) is 12.4. The molecule has 7 nitrogen and oxygen atoms in total. The Morgan fingerprint density at radius 3 is 2.86 bits per heavy atom. The molecule has 0 saturated heterocycles. The second-order valence-corrected chi connectivity index (χ2v) is 5.02. The van der Waals surface area contributed by atoms with Gasteiger partial charge in [-0.25, -0.2) is 15.0 Å². The van der Waals surface area contributed by atoms with E-state index in [0.717, 1.165) is 25.9 Å². The number of nitrogens with zero attached hydrogens (tertiary/aromatic N) is 4. The molecule has 4 N–H and O–H groups in total. The standard InChI is InChI=1S/C14H23N7/c1-3-11(2)20-14-12(15)13(18-9-19-14)17-5-4-7-21-8-6-16-10-21/h6,8-11H,3-5,7,15H2,1-2H3,(H2,17,18,19,20). The molecule has 0 aliphatic carbocycles. The van der Waals surface area contributed by atoms with Gasteiger partial charge in [-0.1, -0.05) is 6.92 Å². The zero-order chi connectivity index (χ0) is 15.1. The van der Waals surface area contributed by atoms with Crippen molar-refractivity contribution in [3.8, 4) is 0 Å². The first-order chi connectivity index (χ1) is 10.2. The van der Waals surface area contributed by atoms with Crippen LogP contribution >= 0.6 is 0 Å². The number of imidazole rings is 1. The summed E-state index contributed by atoms with van der Waals surface area (Å²) in [6, 6.07) is 0.330. The molecular formula is C14H23N7. The molecule has 0 aliphatic rings. The molecule has 0 radical (unpaired) electrons. The molecule has 0 bridgehead atoms. The Morgan fingerprint density at radius 1 is 1.33 bits per heavy atom. The lowest BCUT2D eigenvalue weighted by atomic mass is 10.2. The van der Waals surface area contributed by atoms with Crippen LogP contribution in [0.1, 0.15) is 26.7 Å². The van der Waals surface area contributed by atoms with Gasteiger partial charge in [-0.3, -0.25) is 0 Å². The van der Waals surface area contributed by atoms with E-state index in [1.54, 1.807) is 6.20 Å². The molecule has 0 amide bonds. The van der Waals surface area contributed by atoms with Gasteiger partial charge in [-0.05, 0) is 19.8 Å². The van der Waals surface area contributed by atoms with Crippen LogP contribution in [0.25, 0.3) is 0 Å². The molecule has 0 fully saturated rings. The van der Waals surface area contributed by atoms with Crippen molar-refractivity contribution < 1.29 is 0 Å². The fraction of sp³-hybridized carbons (Fsp3) is 0.500. The Labute approximate surface area is 125 Å². The van der Waals surface area contributed by atoms with Gasteiger partial charge in [0.2, 0.25) is 0 Å². The fourth-order valence-electron chi connectivity index (χ4n) is 1.87. The second-order valence-electron chi connectivity index (χ2n) is 5.02. The predicted molar refractivity (Wildman–Crippen MR) is 85.2 cm³/mol. The normalized spacial score (nSPS) is 12.1. The van der Waals surface area contributed by atoms with Gasteiger partial charge in [0, 0.05) is 31.5 Å². The van der Waals surface area contributed by atoms with Crippen LogP contribution in [0.15, 0.2) is 25.0 Å². The minimum Gasteiger partial charge on any atom is -0.393 e. The van der Waals surface area contributed by atoms with Gasteiger partial charge in [0.15, 0.2) is 11.6 Å². The molecule has 21 heavy (non-hydrogen) atoms. The van der Waals surface area contributed by atoms with Gasteiger partial charge < -0.3 is 20.9 Å². The lowest BCUT2D eigenvalue weighted by molar-refractivity contribution is 0.660. The van der Waals surface area contributed by atoms with Gasteiger partial charge in [0.1, 0.15) is 12.0 Å². The molecule has 0 spiro atoms. The third kappa shape index (κ3) is 4.34. The first-order valence-electron chi connectivity index (χ1n) is 7.27. The van der Waals surface area contributed by atoms with E-state index in [4.69, 9.17) is 5.73 Å². The molecule has 1 unspecified atom stereocenters. The molecule has 7 heteroatoms. The first kappa shape index (κ1) is 15.1. The number of anilines is 3. The Kier molecular flexibility index (Phi) is 5.36. The maximum atomic E-state index is 6.10. The van der Waals surface area contributed by atoms with Crippen LogP contribution < -0.4 is 16.4 Å². The summed E-state index contributed by atoms with van der Waals surface area (Å²) >= 11 is 0. The Bertz CT molecular complexity index is 538. The van der Waals surface area contributed by atoms with Crippen molar-refractivity contribution in [3.05, 3.63) is 25.0 Å². The number of aromatic nitrogens is 4.